The van der Waals surface area contributed by atoms with Gasteiger partial charge in [0.2, 0.25) is 5.91 Å². The van der Waals surface area contributed by atoms with Gasteiger partial charge < -0.3 is 10.1 Å². The van der Waals surface area contributed by atoms with E-state index in [9.17, 15) is 4.79 Å². The quantitative estimate of drug-likeness (QED) is 0.785. The van der Waals surface area contributed by atoms with Gasteiger partial charge in [0.05, 0.1) is 13.7 Å². The molecule has 0 aliphatic heterocycles. The van der Waals surface area contributed by atoms with Crippen molar-refractivity contribution in [1.82, 2.24) is 4.90 Å². The fourth-order valence-corrected chi connectivity index (χ4v) is 2.01. The number of nitrogens with zero attached hydrogens (tertiary/aromatic N) is 1. The number of carbonyl (C=O) groups excluding carboxylic acids is 1. The average Bonchev–Trinajstić information content (AvgIpc) is 2.39. The maximum Gasteiger partial charge on any atom is 0.238 e. The molecule has 106 valence electrons. The largest absolute Gasteiger partial charge is 0.497 e. The first kappa shape index (κ1) is 15.5. The number of hydrogen-bond acceptors (Lipinski definition) is 3. The maximum atomic E-state index is 12.0. The summed E-state index contributed by atoms with van der Waals surface area (Å²) in [6, 6.07) is 7.41. The molecule has 1 N–H and O–H groups in total. The number of methoxy groups -OCH3 is 1. The van der Waals surface area contributed by atoms with Gasteiger partial charge in [-0.25, -0.2) is 0 Å². The second-order valence-corrected chi connectivity index (χ2v) is 4.56. The summed E-state index contributed by atoms with van der Waals surface area (Å²) in [6.45, 7) is 6.61. The monoisotopic (exact) mass is 264 g/mol. The molecule has 0 radical (unpaired) electrons. The van der Waals surface area contributed by atoms with Crippen LogP contribution in [0, 0.1) is 0 Å². The molecule has 0 spiro atoms. The Morgan fingerprint density at radius 3 is 2.53 bits per heavy atom. The van der Waals surface area contributed by atoms with Crippen LogP contribution in [0.25, 0.3) is 0 Å². The van der Waals surface area contributed by atoms with Crippen LogP contribution in [0.5, 0.6) is 5.75 Å². The topological polar surface area (TPSA) is 41.6 Å². The molecule has 1 aromatic carbocycles. The van der Waals surface area contributed by atoms with Crippen LogP contribution in [-0.2, 0) is 4.79 Å². The van der Waals surface area contributed by atoms with Crippen LogP contribution in [0.4, 0.5) is 5.69 Å². The smallest absolute Gasteiger partial charge is 0.238 e. The number of nitrogens with one attached hydrogen (secondary N) is 1. The fraction of sp³-hybridized carbons (Fsp3) is 0.533. The highest BCUT2D eigenvalue weighted by Crippen LogP contribution is 2.16. The van der Waals surface area contributed by atoms with E-state index < -0.39 is 0 Å². The number of carbonyl (C=O) groups is 1. The highest BCUT2D eigenvalue weighted by Gasteiger charge is 2.09. The standard InChI is InChI=1S/C15H24N2O2/c1-4-9-17(10-5-2)12-15(18)16-13-7-6-8-14(11-13)19-3/h6-8,11H,4-5,9-10,12H2,1-3H3,(H,16,18). The Morgan fingerprint density at radius 1 is 1.26 bits per heavy atom. The first-order valence-corrected chi connectivity index (χ1v) is 6.85. The lowest BCUT2D eigenvalue weighted by atomic mass is 10.3. The third kappa shape index (κ3) is 5.75. The van der Waals surface area contributed by atoms with E-state index in [0.717, 1.165) is 37.4 Å². The second-order valence-electron chi connectivity index (χ2n) is 4.56. The Morgan fingerprint density at radius 2 is 1.95 bits per heavy atom. The van der Waals surface area contributed by atoms with Gasteiger partial charge in [0.15, 0.2) is 0 Å². The minimum Gasteiger partial charge on any atom is -0.497 e. The molecule has 1 aromatic rings. The first-order chi connectivity index (χ1) is 9.19. The number of benzene rings is 1. The molecule has 0 saturated heterocycles. The summed E-state index contributed by atoms with van der Waals surface area (Å²) in [7, 11) is 1.62. The predicted octanol–water partition coefficient (Wildman–Crippen LogP) is 2.76. The minimum atomic E-state index is 0.0233. The molecule has 0 bridgehead atoms. The SMILES string of the molecule is CCCN(CCC)CC(=O)Nc1cccc(OC)c1. The fourth-order valence-electron chi connectivity index (χ4n) is 2.01. The van der Waals surface area contributed by atoms with Crippen LogP contribution in [0.3, 0.4) is 0 Å². The van der Waals surface area contributed by atoms with Gasteiger partial charge in [-0.3, -0.25) is 9.69 Å². The zero-order valence-electron chi connectivity index (χ0n) is 12.1. The molecule has 0 heterocycles. The van der Waals surface area contributed by atoms with Crippen molar-refractivity contribution < 1.29 is 9.53 Å². The molecule has 0 aliphatic carbocycles. The van der Waals surface area contributed by atoms with E-state index in [1.807, 2.05) is 24.3 Å². The van der Waals surface area contributed by atoms with Crippen LogP contribution in [0.1, 0.15) is 26.7 Å². The molecular formula is C15H24N2O2. The summed E-state index contributed by atoms with van der Waals surface area (Å²) in [5.74, 6) is 0.770. The highest BCUT2D eigenvalue weighted by atomic mass is 16.5. The minimum absolute atomic E-state index is 0.0233. The third-order valence-electron chi connectivity index (χ3n) is 2.80. The van der Waals surface area contributed by atoms with Gasteiger partial charge in [0, 0.05) is 11.8 Å². The predicted molar refractivity (Wildman–Crippen MR) is 78.6 cm³/mol. The van der Waals surface area contributed by atoms with Crippen molar-refractivity contribution in [1.29, 1.82) is 0 Å². The maximum absolute atomic E-state index is 12.0. The number of rotatable bonds is 8. The van der Waals surface area contributed by atoms with Crippen LogP contribution in [-0.4, -0.2) is 37.6 Å². The van der Waals surface area contributed by atoms with Crippen LogP contribution < -0.4 is 10.1 Å². The zero-order valence-corrected chi connectivity index (χ0v) is 12.1. The number of amides is 1. The highest BCUT2D eigenvalue weighted by molar-refractivity contribution is 5.92. The van der Waals surface area contributed by atoms with Crippen molar-refractivity contribution in [3.63, 3.8) is 0 Å². The Labute approximate surface area is 115 Å². The summed E-state index contributed by atoms with van der Waals surface area (Å²) in [5, 5.41) is 2.90. The van der Waals surface area contributed by atoms with Crippen LogP contribution >= 0.6 is 0 Å². The van der Waals surface area contributed by atoms with Gasteiger partial charge in [0.25, 0.3) is 0 Å². The Kier molecular flexibility index (Phi) is 6.97. The Hall–Kier alpha value is -1.55. The molecular weight excluding hydrogens is 240 g/mol. The summed E-state index contributed by atoms with van der Waals surface area (Å²) in [4.78, 5) is 14.2. The third-order valence-corrected chi connectivity index (χ3v) is 2.80. The van der Waals surface area contributed by atoms with Crippen molar-refractivity contribution in [3.05, 3.63) is 24.3 Å². The van der Waals surface area contributed by atoms with Crippen LogP contribution in [0.15, 0.2) is 24.3 Å². The normalized spacial score (nSPS) is 10.5. The van der Waals surface area contributed by atoms with Crippen LogP contribution in [0.2, 0.25) is 0 Å². The second kappa shape index (κ2) is 8.53. The number of hydrogen-bond donors (Lipinski definition) is 1. The van der Waals surface area contributed by atoms with Gasteiger partial charge in [-0.1, -0.05) is 19.9 Å². The van der Waals surface area contributed by atoms with Crippen molar-refractivity contribution in [2.75, 3.05) is 32.1 Å². The zero-order chi connectivity index (χ0) is 14.1. The molecule has 0 aromatic heterocycles. The number of ether oxygens (including phenoxy) is 1. The van der Waals surface area contributed by atoms with Gasteiger partial charge >= 0.3 is 0 Å². The van der Waals surface area contributed by atoms with Gasteiger partial charge in [0.1, 0.15) is 5.75 Å². The molecule has 0 fully saturated rings. The molecule has 1 amide bonds. The van der Waals surface area contributed by atoms with E-state index in [-0.39, 0.29) is 5.91 Å². The molecule has 0 aliphatic rings. The van der Waals surface area contributed by atoms with Crippen molar-refractivity contribution >= 4 is 11.6 Å². The van der Waals surface area contributed by atoms with E-state index in [1.165, 1.54) is 0 Å². The van der Waals surface area contributed by atoms with Crippen molar-refractivity contribution in [2.45, 2.75) is 26.7 Å². The molecule has 4 heteroatoms. The van der Waals surface area contributed by atoms with E-state index >= 15 is 0 Å². The lowest BCUT2D eigenvalue weighted by Gasteiger charge is -2.20. The van der Waals surface area contributed by atoms with Crippen molar-refractivity contribution in [2.24, 2.45) is 0 Å². The van der Waals surface area contributed by atoms with Crippen molar-refractivity contribution in [3.8, 4) is 5.75 Å². The summed E-state index contributed by atoms with van der Waals surface area (Å²) < 4.78 is 5.13. The molecule has 0 unspecified atom stereocenters. The van der Waals surface area contributed by atoms with Gasteiger partial charge in [-0.05, 0) is 38.1 Å². The van der Waals surface area contributed by atoms with E-state index in [1.54, 1.807) is 7.11 Å². The lowest BCUT2D eigenvalue weighted by Crippen LogP contribution is -2.34. The molecule has 1 rings (SSSR count). The molecule has 0 atom stereocenters. The average molecular weight is 264 g/mol. The van der Waals surface area contributed by atoms with Gasteiger partial charge in [-0.15, -0.1) is 0 Å². The molecule has 19 heavy (non-hydrogen) atoms. The summed E-state index contributed by atoms with van der Waals surface area (Å²) in [5.41, 5.74) is 0.775. The van der Waals surface area contributed by atoms with E-state index in [4.69, 9.17) is 4.74 Å². The molecule has 4 nitrogen and oxygen atoms in total. The molecule has 0 saturated carbocycles. The number of anilines is 1. The van der Waals surface area contributed by atoms with E-state index in [0.29, 0.717) is 6.54 Å². The summed E-state index contributed by atoms with van der Waals surface area (Å²) in [6.07, 6.45) is 2.12. The Balaban J connectivity index is 2.53. The Bertz CT molecular complexity index is 387. The van der Waals surface area contributed by atoms with Gasteiger partial charge in [-0.2, -0.15) is 0 Å². The lowest BCUT2D eigenvalue weighted by molar-refractivity contribution is -0.117. The summed E-state index contributed by atoms with van der Waals surface area (Å²) >= 11 is 0. The van der Waals surface area contributed by atoms with E-state index in [2.05, 4.69) is 24.1 Å². The first-order valence-electron chi connectivity index (χ1n) is 6.85.